The van der Waals surface area contributed by atoms with Crippen LogP contribution in [0.25, 0.3) is 10.9 Å². The molecular formula is C25H22ClN3O2. The smallest absolute Gasteiger partial charge is 0.322 e. The van der Waals surface area contributed by atoms with E-state index >= 15 is 0 Å². The van der Waals surface area contributed by atoms with E-state index in [4.69, 9.17) is 16.3 Å². The number of ether oxygens (including phenoxy) is 1. The van der Waals surface area contributed by atoms with Crippen LogP contribution in [0.3, 0.4) is 0 Å². The average molecular weight is 432 g/mol. The lowest BCUT2D eigenvalue weighted by Crippen LogP contribution is -2.43. The predicted molar refractivity (Wildman–Crippen MR) is 124 cm³/mol. The van der Waals surface area contributed by atoms with Gasteiger partial charge in [0.05, 0.1) is 13.2 Å². The van der Waals surface area contributed by atoms with Gasteiger partial charge in [-0.1, -0.05) is 41.9 Å². The third kappa shape index (κ3) is 3.62. The second kappa shape index (κ2) is 8.00. The van der Waals surface area contributed by atoms with Crippen molar-refractivity contribution in [3.05, 3.63) is 94.6 Å². The number of H-pyrrole nitrogens is 1. The van der Waals surface area contributed by atoms with E-state index in [1.54, 1.807) is 31.4 Å². The van der Waals surface area contributed by atoms with Crippen LogP contribution in [0.5, 0.6) is 5.75 Å². The van der Waals surface area contributed by atoms with Crippen molar-refractivity contribution in [3.63, 3.8) is 0 Å². The third-order valence-corrected chi connectivity index (χ3v) is 6.07. The first-order valence-corrected chi connectivity index (χ1v) is 10.6. The standard InChI is InChI=1S/C25H22ClN3O2/c1-31-19-12-6-16(7-13-19)24-23-21(20-4-2-3-5-22(20)28-23)14-15-29(24)25(30)27-18-10-8-17(26)9-11-18/h2-13,24,28H,14-15H2,1H3,(H,27,30). The number of carbonyl (C=O) groups is 1. The number of para-hydroxylation sites is 1. The number of aromatic amines is 1. The fourth-order valence-electron chi connectivity index (χ4n) is 4.32. The minimum Gasteiger partial charge on any atom is -0.497 e. The molecule has 0 saturated carbocycles. The summed E-state index contributed by atoms with van der Waals surface area (Å²) >= 11 is 5.98. The van der Waals surface area contributed by atoms with Crippen molar-refractivity contribution >= 4 is 34.2 Å². The Morgan fingerprint density at radius 3 is 2.55 bits per heavy atom. The van der Waals surface area contributed by atoms with E-state index in [0.717, 1.165) is 28.9 Å². The van der Waals surface area contributed by atoms with Gasteiger partial charge < -0.3 is 19.9 Å². The Morgan fingerprint density at radius 1 is 1.06 bits per heavy atom. The van der Waals surface area contributed by atoms with Gasteiger partial charge in [-0.05, 0) is 60.0 Å². The largest absolute Gasteiger partial charge is 0.497 e. The van der Waals surface area contributed by atoms with Gasteiger partial charge in [-0.25, -0.2) is 4.79 Å². The van der Waals surface area contributed by atoms with Crippen LogP contribution in [0, 0.1) is 0 Å². The Balaban J connectivity index is 1.56. The molecule has 3 aromatic carbocycles. The molecule has 31 heavy (non-hydrogen) atoms. The van der Waals surface area contributed by atoms with Gasteiger partial charge in [0.15, 0.2) is 0 Å². The fraction of sp³-hybridized carbons (Fsp3) is 0.160. The molecule has 4 aromatic rings. The van der Waals surface area contributed by atoms with Crippen LogP contribution in [0.1, 0.15) is 22.9 Å². The number of carbonyl (C=O) groups excluding carboxylic acids is 1. The molecule has 5 nitrogen and oxygen atoms in total. The Kier molecular flexibility index (Phi) is 5.04. The van der Waals surface area contributed by atoms with Crippen LogP contribution < -0.4 is 10.1 Å². The number of anilines is 1. The molecular weight excluding hydrogens is 410 g/mol. The van der Waals surface area contributed by atoms with Crippen LogP contribution >= 0.6 is 11.6 Å². The predicted octanol–water partition coefficient (Wildman–Crippen LogP) is 6.01. The zero-order valence-electron chi connectivity index (χ0n) is 17.1. The van der Waals surface area contributed by atoms with Crippen molar-refractivity contribution in [2.45, 2.75) is 12.5 Å². The molecule has 0 saturated heterocycles. The zero-order chi connectivity index (χ0) is 21.4. The summed E-state index contributed by atoms with van der Waals surface area (Å²) in [5.41, 5.74) is 5.16. The Bertz CT molecular complexity index is 1230. The van der Waals surface area contributed by atoms with Crippen molar-refractivity contribution in [1.82, 2.24) is 9.88 Å². The molecule has 1 aliphatic rings. The monoisotopic (exact) mass is 431 g/mol. The molecule has 1 aliphatic heterocycles. The zero-order valence-corrected chi connectivity index (χ0v) is 17.8. The van der Waals surface area contributed by atoms with Gasteiger partial charge in [0.1, 0.15) is 5.75 Å². The molecule has 0 bridgehead atoms. The van der Waals surface area contributed by atoms with Gasteiger partial charge in [0, 0.05) is 33.9 Å². The highest BCUT2D eigenvalue weighted by atomic mass is 35.5. The van der Waals surface area contributed by atoms with E-state index in [0.29, 0.717) is 17.3 Å². The maximum Gasteiger partial charge on any atom is 0.322 e. The minimum absolute atomic E-state index is 0.146. The summed E-state index contributed by atoms with van der Waals surface area (Å²) in [4.78, 5) is 18.8. The normalized spacial score (nSPS) is 15.5. The quantitative estimate of drug-likeness (QED) is 0.417. The first-order chi connectivity index (χ1) is 15.1. The number of methoxy groups -OCH3 is 1. The highest BCUT2D eigenvalue weighted by Crippen LogP contribution is 2.39. The number of aromatic nitrogens is 1. The number of urea groups is 1. The summed E-state index contributed by atoms with van der Waals surface area (Å²) < 4.78 is 5.33. The molecule has 5 rings (SSSR count). The van der Waals surface area contributed by atoms with Crippen molar-refractivity contribution < 1.29 is 9.53 Å². The number of amides is 2. The Morgan fingerprint density at radius 2 is 1.81 bits per heavy atom. The van der Waals surface area contributed by atoms with Crippen molar-refractivity contribution in [2.75, 3.05) is 19.0 Å². The van der Waals surface area contributed by atoms with E-state index in [2.05, 4.69) is 28.5 Å². The maximum absolute atomic E-state index is 13.3. The van der Waals surface area contributed by atoms with Crippen molar-refractivity contribution in [2.24, 2.45) is 0 Å². The van der Waals surface area contributed by atoms with Gasteiger partial charge >= 0.3 is 6.03 Å². The minimum atomic E-state index is -0.227. The second-order valence-electron chi connectivity index (χ2n) is 7.62. The van der Waals surface area contributed by atoms with Crippen LogP contribution in [-0.2, 0) is 6.42 Å². The Labute approximate surface area is 185 Å². The first-order valence-electron chi connectivity index (χ1n) is 10.2. The van der Waals surface area contributed by atoms with E-state index < -0.39 is 0 Å². The number of nitrogens with one attached hydrogen (secondary N) is 2. The number of hydrogen-bond acceptors (Lipinski definition) is 2. The first kappa shape index (κ1) is 19.5. The molecule has 2 N–H and O–H groups in total. The molecule has 0 aliphatic carbocycles. The molecule has 2 amide bonds. The molecule has 0 radical (unpaired) electrons. The molecule has 1 atom stereocenters. The van der Waals surface area contributed by atoms with E-state index in [1.807, 2.05) is 35.2 Å². The molecule has 6 heteroatoms. The summed E-state index contributed by atoms with van der Waals surface area (Å²) in [5.74, 6) is 0.786. The Hall–Kier alpha value is -3.44. The number of nitrogens with zero attached hydrogens (tertiary/aromatic N) is 1. The summed E-state index contributed by atoms with van der Waals surface area (Å²) in [6, 6.07) is 23.0. The van der Waals surface area contributed by atoms with Gasteiger partial charge in [0.25, 0.3) is 0 Å². The molecule has 1 unspecified atom stereocenters. The summed E-state index contributed by atoms with van der Waals surface area (Å²) in [5, 5.41) is 4.87. The lowest BCUT2D eigenvalue weighted by atomic mass is 9.92. The van der Waals surface area contributed by atoms with E-state index in [-0.39, 0.29) is 12.1 Å². The lowest BCUT2D eigenvalue weighted by Gasteiger charge is -2.36. The highest BCUT2D eigenvalue weighted by molar-refractivity contribution is 6.30. The lowest BCUT2D eigenvalue weighted by molar-refractivity contribution is 0.193. The van der Waals surface area contributed by atoms with Gasteiger partial charge in [-0.15, -0.1) is 0 Å². The van der Waals surface area contributed by atoms with Crippen LogP contribution in [0.15, 0.2) is 72.8 Å². The van der Waals surface area contributed by atoms with E-state index in [9.17, 15) is 4.79 Å². The van der Waals surface area contributed by atoms with Crippen LogP contribution in [0.2, 0.25) is 5.02 Å². The summed E-state index contributed by atoms with van der Waals surface area (Å²) in [6.07, 6.45) is 0.792. The van der Waals surface area contributed by atoms with Crippen LogP contribution in [0.4, 0.5) is 10.5 Å². The topological polar surface area (TPSA) is 57.4 Å². The SMILES string of the molecule is COc1ccc(C2c3[nH]c4ccccc4c3CCN2C(=O)Nc2ccc(Cl)cc2)cc1. The number of benzene rings is 3. The second-order valence-corrected chi connectivity index (χ2v) is 8.06. The third-order valence-electron chi connectivity index (χ3n) is 5.82. The molecule has 0 fully saturated rings. The van der Waals surface area contributed by atoms with Gasteiger partial charge in [-0.2, -0.15) is 0 Å². The molecule has 156 valence electrons. The number of halogens is 1. The van der Waals surface area contributed by atoms with Crippen molar-refractivity contribution in [1.29, 1.82) is 0 Å². The number of fused-ring (bicyclic) bond motifs is 3. The van der Waals surface area contributed by atoms with Crippen LogP contribution in [-0.4, -0.2) is 29.6 Å². The van der Waals surface area contributed by atoms with E-state index in [1.165, 1.54) is 10.9 Å². The number of hydrogen-bond donors (Lipinski definition) is 2. The van der Waals surface area contributed by atoms with Gasteiger partial charge in [0.2, 0.25) is 0 Å². The maximum atomic E-state index is 13.3. The van der Waals surface area contributed by atoms with Crippen molar-refractivity contribution in [3.8, 4) is 5.75 Å². The summed E-state index contributed by atoms with van der Waals surface area (Å²) in [6.45, 7) is 0.616. The highest BCUT2D eigenvalue weighted by Gasteiger charge is 2.34. The fourth-order valence-corrected chi connectivity index (χ4v) is 4.45. The average Bonchev–Trinajstić information content (AvgIpc) is 3.19. The summed E-state index contributed by atoms with van der Waals surface area (Å²) in [7, 11) is 1.65. The number of rotatable bonds is 3. The molecule has 0 spiro atoms. The molecule has 2 heterocycles. The molecule has 1 aromatic heterocycles. The van der Waals surface area contributed by atoms with Gasteiger partial charge in [-0.3, -0.25) is 0 Å².